The van der Waals surface area contributed by atoms with Crippen LogP contribution in [0, 0.1) is 19.7 Å². The first-order valence-corrected chi connectivity index (χ1v) is 7.72. The zero-order chi connectivity index (χ0) is 15.8. The molecule has 2 aromatic rings. The van der Waals surface area contributed by atoms with Crippen molar-refractivity contribution in [3.05, 3.63) is 47.2 Å². The molecule has 2 N–H and O–H groups in total. The first-order valence-electron chi connectivity index (χ1n) is 6.28. The summed E-state index contributed by atoms with van der Waals surface area (Å²) in [5.74, 6) is 0.00833. The molecule has 0 fully saturated rings. The van der Waals surface area contributed by atoms with E-state index < -0.39 is 15.8 Å². The third-order valence-corrected chi connectivity index (χ3v) is 5.30. The van der Waals surface area contributed by atoms with Crippen molar-refractivity contribution in [1.29, 1.82) is 0 Å². The fourth-order valence-electron chi connectivity index (χ4n) is 2.01. The molecule has 7 heteroatoms. The van der Waals surface area contributed by atoms with Gasteiger partial charge in [0.1, 0.15) is 11.6 Å². The van der Waals surface area contributed by atoms with Crippen LogP contribution in [0.1, 0.15) is 16.9 Å². The van der Waals surface area contributed by atoms with E-state index in [0.29, 0.717) is 5.76 Å². The molecule has 21 heavy (non-hydrogen) atoms. The fraction of sp³-hybridized carbons (Fsp3) is 0.286. The number of nitrogens with zero attached hydrogens (tertiary/aromatic N) is 1. The minimum Gasteiger partial charge on any atom is -0.469 e. The maximum absolute atomic E-state index is 13.7. The molecule has 0 atom stereocenters. The maximum Gasteiger partial charge on any atom is 0.243 e. The molecule has 0 aliphatic heterocycles. The van der Waals surface area contributed by atoms with Crippen LogP contribution in [0.4, 0.5) is 10.1 Å². The average molecular weight is 312 g/mol. The SMILES string of the molecule is Cc1occc1CN(C)S(=O)(=O)c1cc(N)cc(F)c1C. The third-order valence-electron chi connectivity index (χ3n) is 3.37. The number of furan rings is 1. The highest BCUT2D eigenvalue weighted by Crippen LogP contribution is 2.25. The Morgan fingerprint density at radius 1 is 1.33 bits per heavy atom. The van der Waals surface area contributed by atoms with Crippen LogP contribution in [0.3, 0.4) is 0 Å². The summed E-state index contributed by atoms with van der Waals surface area (Å²) >= 11 is 0. The Labute approximate surface area is 123 Å². The van der Waals surface area contributed by atoms with E-state index in [1.165, 1.54) is 26.3 Å². The summed E-state index contributed by atoms with van der Waals surface area (Å²) in [5, 5.41) is 0. The maximum atomic E-state index is 13.7. The molecule has 0 saturated heterocycles. The van der Waals surface area contributed by atoms with E-state index in [9.17, 15) is 12.8 Å². The van der Waals surface area contributed by atoms with Crippen molar-refractivity contribution >= 4 is 15.7 Å². The van der Waals surface area contributed by atoms with Gasteiger partial charge in [0.2, 0.25) is 10.0 Å². The molecule has 0 aliphatic carbocycles. The zero-order valence-electron chi connectivity index (χ0n) is 12.1. The van der Waals surface area contributed by atoms with Crippen LogP contribution in [0.5, 0.6) is 0 Å². The molecule has 0 amide bonds. The second-order valence-corrected chi connectivity index (χ2v) is 6.90. The molecule has 0 radical (unpaired) electrons. The van der Waals surface area contributed by atoms with Gasteiger partial charge in [0.25, 0.3) is 0 Å². The Morgan fingerprint density at radius 3 is 2.57 bits per heavy atom. The summed E-state index contributed by atoms with van der Waals surface area (Å²) in [6.45, 7) is 3.31. The van der Waals surface area contributed by atoms with Crippen LogP contribution in [0.2, 0.25) is 0 Å². The first-order chi connectivity index (χ1) is 9.73. The molecule has 0 saturated carbocycles. The standard InChI is InChI=1S/C14H17FN2O3S/c1-9-13(15)6-12(16)7-14(9)21(18,19)17(3)8-11-4-5-20-10(11)2/h4-7H,8,16H2,1-3H3. The number of aryl methyl sites for hydroxylation is 1. The van der Waals surface area contributed by atoms with Crippen molar-refractivity contribution in [3.8, 4) is 0 Å². The number of halogens is 1. The van der Waals surface area contributed by atoms with Crippen LogP contribution < -0.4 is 5.73 Å². The molecule has 0 aliphatic rings. The summed E-state index contributed by atoms with van der Waals surface area (Å²) in [4.78, 5) is -0.122. The van der Waals surface area contributed by atoms with Gasteiger partial charge >= 0.3 is 0 Å². The Morgan fingerprint density at radius 2 is 2.00 bits per heavy atom. The molecule has 0 bridgehead atoms. The van der Waals surface area contributed by atoms with Crippen molar-refractivity contribution in [2.45, 2.75) is 25.3 Å². The van der Waals surface area contributed by atoms with Gasteiger partial charge in [-0.1, -0.05) is 0 Å². The van der Waals surface area contributed by atoms with Crippen LogP contribution >= 0.6 is 0 Å². The smallest absolute Gasteiger partial charge is 0.243 e. The van der Waals surface area contributed by atoms with Gasteiger partial charge in [0, 0.05) is 30.4 Å². The lowest BCUT2D eigenvalue weighted by atomic mass is 10.2. The van der Waals surface area contributed by atoms with Crippen molar-refractivity contribution < 1.29 is 17.2 Å². The first kappa shape index (κ1) is 15.5. The summed E-state index contributed by atoms with van der Waals surface area (Å²) in [7, 11) is -2.40. The minimum absolute atomic E-state index is 0.0555. The second kappa shape index (κ2) is 5.50. The number of rotatable bonds is 4. The zero-order valence-corrected chi connectivity index (χ0v) is 12.9. The molecular formula is C14H17FN2O3S. The van der Waals surface area contributed by atoms with E-state index in [4.69, 9.17) is 10.2 Å². The van der Waals surface area contributed by atoms with Gasteiger partial charge in [0.05, 0.1) is 11.2 Å². The number of anilines is 1. The molecule has 1 aromatic carbocycles. The minimum atomic E-state index is -3.84. The highest BCUT2D eigenvalue weighted by Gasteiger charge is 2.25. The van der Waals surface area contributed by atoms with Gasteiger partial charge in [-0.05, 0) is 32.0 Å². The molecule has 2 rings (SSSR count). The van der Waals surface area contributed by atoms with Gasteiger partial charge in [-0.2, -0.15) is 4.31 Å². The quantitative estimate of drug-likeness (QED) is 0.880. The number of nitrogen functional groups attached to an aromatic ring is 1. The molecule has 0 spiro atoms. The van der Waals surface area contributed by atoms with Gasteiger partial charge in [-0.25, -0.2) is 12.8 Å². The Bertz CT molecular complexity index is 769. The van der Waals surface area contributed by atoms with Crippen LogP contribution in [0.25, 0.3) is 0 Å². The molecule has 114 valence electrons. The molecule has 1 heterocycles. The van der Waals surface area contributed by atoms with Gasteiger partial charge in [-0.3, -0.25) is 0 Å². The number of hydrogen-bond donors (Lipinski definition) is 1. The largest absolute Gasteiger partial charge is 0.469 e. The Balaban J connectivity index is 2.40. The molecule has 0 unspecified atom stereocenters. The average Bonchev–Trinajstić information content (AvgIpc) is 2.79. The topological polar surface area (TPSA) is 76.5 Å². The lowest BCUT2D eigenvalue weighted by Gasteiger charge is -2.19. The summed E-state index contributed by atoms with van der Waals surface area (Å²) in [5.41, 5.74) is 6.43. The van der Waals surface area contributed by atoms with Crippen molar-refractivity contribution in [3.63, 3.8) is 0 Å². The number of sulfonamides is 1. The van der Waals surface area contributed by atoms with E-state index in [1.807, 2.05) is 0 Å². The van der Waals surface area contributed by atoms with E-state index in [0.717, 1.165) is 15.9 Å². The summed E-state index contributed by atoms with van der Waals surface area (Å²) in [6, 6.07) is 4.08. The van der Waals surface area contributed by atoms with E-state index >= 15 is 0 Å². The lowest BCUT2D eigenvalue weighted by molar-refractivity contribution is 0.457. The van der Waals surface area contributed by atoms with E-state index in [1.54, 1.807) is 13.0 Å². The van der Waals surface area contributed by atoms with E-state index in [-0.39, 0.29) is 22.7 Å². The van der Waals surface area contributed by atoms with Crippen molar-refractivity contribution in [1.82, 2.24) is 4.31 Å². The molecule has 1 aromatic heterocycles. The summed E-state index contributed by atoms with van der Waals surface area (Å²) in [6.07, 6.45) is 1.50. The second-order valence-electron chi connectivity index (χ2n) is 4.89. The van der Waals surface area contributed by atoms with Crippen LogP contribution in [0.15, 0.2) is 33.8 Å². The normalized spacial score (nSPS) is 12.0. The van der Waals surface area contributed by atoms with Gasteiger partial charge < -0.3 is 10.2 Å². The predicted octanol–water partition coefficient (Wildman–Crippen LogP) is 2.44. The van der Waals surface area contributed by atoms with Crippen LogP contribution in [-0.4, -0.2) is 19.8 Å². The van der Waals surface area contributed by atoms with Crippen molar-refractivity contribution in [2.24, 2.45) is 0 Å². The van der Waals surface area contributed by atoms with Crippen molar-refractivity contribution in [2.75, 3.05) is 12.8 Å². The number of nitrogens with two attached hydrogens (primary N) is 1. The highest BCUT2D eigenvalue weighted by molar-refractivity contribution is 7.89. The highest BCUT2D eigenvalue weighted by atomic mass is 32.2. The fourth-order valence-corrected chi connectivity index (χ4v) is 3.42. The summed E-state index contributed by atoms with van der Waals surface area (Å²) < 4.78 is 45.1. The van der Waals surface area contributed by atoms with Crippen LogP contribution in [-0.2, 0) is 16.6 Å². The molecule has 5 nitrogen and oxygen atoms in total. The predicted molar refractivity (Wildman–Crippen MR) is 77.6 cm³/mol. The monoisotopic (exact) mass is 312 g/mol. The van der Waals surface area contributed by atoms with Gasteiger partial charge in [-0.15, -0.1) is 0 Å². The lowest BCUT2D eigenvalue weighted by Crippen LogP contribution is -2.27. The molecular weight excluding hydrogens is 295 g/mol. The van der Waals surface area contributed by atoms with E-state index in [2.05, 4.69) is 0 Å². The third kappa shape index (κ3) is 2.93. The van der Waals surface area contributed by atoms with Gasteiger partial charge in [0.15, 0.2) is 0 Å². The Hall–Kier alpha value is -1.86. The number of benzene rings is 1. The Kier molecular flexibility index (Phi) is 4.06. The number of hydrogen-bond acceptors (Lipinski definition) is 4.